The molecule has 1 aromatic heterocycles. The summed E-state index contributed by atoms with van der Waals surface area (Å²) in [6, 6.07) is 16.2. The third kappa shape index (κ3) is 15.9. The molecule has 0 atom stereocenters. The maximum absolute atomic E-state index is 5.38. The van der Waals surface area contributed by atoms with Gasteiger partial charge in [-0.1, -0.05) is 110 Å². The molecule has 0 bridgehead atoms. The summed E-state index contributed by atoms with van der Waals surface area (Å²) in [5.41, 5.74) is 14.8. The molecule has 0 saturated heterocycles. The number of nitrogens with zero attached hydrogens (tertiary/aromatic N) is 3. The molecule has 3 nitrogen and oxygen atoms in total. The van der Waals surface area contributed by atoms with E-state index in [1.165, 1.54) is 122 Å². The Morgan fingerprint density at radius 2 is 0.745 bits per heavy atom. The Balaban J connectivity index is 0.00000833. The first-order valence-corrected chi connectivity index (χ1v) is 19.8. The van der Waals surface area contributed by atoms with Crippen LogP contribution in [0.25, 0.3) is 0 Å². The van der Waals surface area contributed by atoms with Crippen molar-refractivity contribution in [3.63, 3.8) is 0 Å². The van der Waals surface area contributed by atoms with Crippen molar-refractivity contribution in [1.82, 2.24) is 4.98 Å². The predicted molar refractivity (Wildman–Crippen MR) is 213 cm³/mol. The number of aromatic nitrogens is 1. The van der Waals surface area contributed by atoms with Crippen LogP contribution in [0.2, 0.25) is 0 Å². The van der Waals surface area contributed by atoms with Crippen LogP contribution in [-0.4, -0.2) is 16.4 Å². The van der Waals surface area contributed by atoms with E-state index in [4.69, 9.17) is 15.0 Å². The molecule has 0 aliphatic heterocycles. The zero-order valence-corrected chi connectivity index (χ0v) is 36.2. The van der Waals surface area contributed by atoms with Crippen molar-refractivity contribution in [2.75, 3.05) is 0 Å². The molecule has 0 aliphatic rings. The largest absolute Gasteiger partial charge is 2.00 e. The average molecular weight is 772 g/mol. The van der Waals surface area contributed by atoms with Gasteiger partial charge in [-0.15, -0.1) is 0 Å². The quantitative estimate of drug-likeness (QED) is 0.0981. The molecule has 51 heavy (non-hydrogen) atoms. The third-order valence-electron chi connectivity index (χ3n) is 9.54. The Bertz CT molecular complexity index is 1320. The number of aryl methyl sites for hydroxylation is 6. The van der Waals surface area contributed by atoms with E-state index in [0.29, 0.717) is 0 Å². The van der Waals surface area contributed by atoms with Gasteiger partial charge < -0.3 is 24.8 Å². The fraction of sp³-hybridized carbons (Fsp3) is 0.578. The molecule has 0 spiro atoms. The minimum atomic E-state index is 0. The molecule has 6 heteroatoms. The van der Waals surface area contributed by atoms with Gasteiger partial charge in [0.2, 0.25) is 0 Å². The summed E-state index contributed by atoms with van der Waals surface area (Å²) in [5.74, 6) is 0. The van der Waals surface area contributed by atoms with E-state index in [1.54, 1.807) is 0 Å². The standard InChI is InChI=1S/C45H67N3.2ClH.V/c1-9-15-22-36-30-38(24-17-11-3)44(39(31-36)25-18-12-4)46-34(7)42-28-21-29-43(48-42)35(8)47-45-40(26-19-13-5)32-37(23-16-10-2)33-41(45)27-20-14-6;;;/h21,28-33H,9-20,22-27H2,1-8H3;2*1H;/q;;;+2/p-2. The van der Waals surface area contributed by atoms with Crippen LogP contribution in [0, 0.1) is 0 Å². The van der Waals surface area contributed by atoms with E-state index in [9.17, 15) is 0 Å². The van der Waals surface area contributed by atoms with E-state index >= 15 is 0 Å². The van der Waals surface area contributed by atoms with Crippen LogP contribution in [0.3, 0.4) is 0 Å². The van der Waals surface area contributed by atoms with Gasteiger partial charge >= 0.3 is 18.6 Å². The molecule has 0 fully saturated rings. The molecule has 0 saturated carbocycles. The number of unbranched alkanes of at least 4 members (excludes halogenated alkanes) is 6. The van der Waals surface area contributed by atoms with Crippen molar-refractivity contribution >= 4 is 22.8 Å². The van der Waals surface area contributed by atoms with Crippen molar-refractivity contribution in [1.29, 1.82) is 0 Å². The summed E-state index contributed by atoms with van der Waals surface area (Å²) in [7, 11) is 0. The summed E-state index contributed by atoms with van der Waals surface area (Å²) in [6.07, 6.45) is 21.1. The second-order valence-electron chi connectivity index (χ2n) is 13.9. The van der Waals surface area contributed by atoms with Gasteiger partial charge in [-0.05, 0) is 136 Å². The number of aliphatic imine (C=N–C) groups is 2. The SMILES string of the molecule is CCCCc1cc(CCCC)c(N=C(C)c2cccc(C(C)=Nc3c(CCCC)cc(CCCC)cc3CCCC)n2)c(CCCC)c1.[Cl-].[Cl-].[V+2]. The van der Waals surface area contributed by atoms with Crippen molar-refractivity contribution in [3.8, 4) is 0 Å². The molecular formula is C45H67Cl2N3V. The molecule has 0 aliphatic carbocycles. The maximum atomic E-state index is 5.38. The predicted octanol–water partition coefficient (Wildman–Crippen LogP) is 7.42. The van der Waals surface area contributed by atoms with Crippen LogP contribution >= 0.6 is 0 Å². The molecule has 0 unspecified atom stereocenters. The van der Waals surface area contributed by atoms with Gasteiger partial charge in [-0.3, -0.25) is 9.98 Å². The monoisotopic (exact) mass is 770 g/mol. The Kier molecular flexibility index (Phi) is 26.6. The summed E-state index contributed by atoms with van der Waals surface area (Å²) in [6.45, 7) is 18.0. The zero-order valence-electron chi connectivity index (χ0n) is 33.3. The van der Waals surface area contributed by atoms with Crippen LogP contribution < -0.4 is 24.8 Å². The second kappa shape index (κ2) is 27.7. The van der Waals surface area contributed by atoms with Gasteiger partial charge in [0.25, 0.3) is 0 Å². The molecule has 0 amide bonds. The molecule has 3 rings (SSSR count). The van der Waals surface area contributed by atoms with Gasteiger partial charge in [-0.2, -0.15) is 0 Å². The van der Waals surface area contributed by atoms with Crippen LogP contribution in [-0.2, 0) is 57.1 Å². The number of pyridine rings is 1. The zero-order chi connectivity index (χ0) is 34.7. The fourth-order valence-electron chi connectivity index (χ4n) is 6.52. The van der Waals surface area contributed by atoms with Crippen molar-refractivity contribution in [2.45, 2.75) is 171 Å². The average Bonchev–Trinajstić information content (AvgIpc) is 3.10. The number of hydrogen-bond acceptors (Lipinski definition) is 3. The smallest absolute Gasteiger partial charge is 1.00 e. The van der Waals surface area contributed by atoms with Crippen LogP contribution in [0.5, 0.6) is 0 Å². The Morgan fingerprint density at radius 3 is 1.02 bits per heavy atom. The van der Waals surface area contributed by atoms with Crippen molar-refractivity contribution in [2.24, 2.45) is 9.98 Å². The first kappa shape index (κ1) is 49.1. The Morgan fingerprint density at radius 1 is 0.471 bits per heavy atom. The van der Waals surface area contributed by atoms with Crippen LogP contribution in [0.4, 0.5) is 11.4 Å². The molecule has 281 valence electrons. The number of benzene rings is 2. The number of halogens is 2. The molecule has 1 heterocycles. The number of hydrogen-bond donors (Lipinski definition) is 0. The van der Waals surface area contributed by atoms with Gasteiger partial charge in [0.1, 0.15) is 0 Å². The number of rotatable bonds is 22. The van der Waals surface area contributed by atoms with E-state index < -0.39 is 0 Å². The van der Waals surface area contributed by atoms with E-state index in [-0.39, 0.29) is 43.4 Å². The molecule has 0 N–H and O–H groups in total. The molecule has 2 aromatic carbocycles. The topological polar surface area (TPSA) is 37.6 Å². The van der Waals surface area contributed by atoms with E-state index in [0.717, 1.165) is 61.3 Å². The Labute approximate surface area is 337 Å². The maximum Gasteiger partial charge on any atom is 2.00 e. The van der Waals surface area contributed by atoms with Gasteiger partial charge in [0.15, 0.2) is 0 Å². The van der Waals surface area contributed by atoms with Crippen LogP contribution in [0.15, 0.2) is 52.4 Å². The minimum Gasteiger partial charge on any atom is -1.00 e. The summed E-state index contributed by atoms with van der Waals surface area (Å²) < 4.78 is 0. The first-order chi connectivity index (χ1) is 23.4. The summed E-state index contributed by atoms with van der Waals surface area (Å²) in [4.78, 5) is 16.0. The first-order valence-electron chi connectivity index (χ1n) is 19.8. The molecular weight excluding hydrogens is 704 g/mol. The van der Waals surface area contributed by atoms with Crippen molar-refractivity contribution < 1.29 is 43.4 Å². The molecule has 3 aromatic rings. The van der Waals surface area contributed by atoms with E-state index in [2.05, 4.69) is 97.9 Å². The van der Waals surface area contributed by atoms with Gasteiger partial charge in [-0.25, -0.2) is 4.98 Å². The summed E-state index contributed by atoms with van der Waals surface area (Å²) >= 11 is 0. The molecule has 1 radical (unpaired) electrons. The van der Waals surface area contributed by atoms with Crippen LogP contribution in [0.1, 0.15) is 177 Å². The normalized spacial score (nSPS) is 11.5. The summed E-state index contributed by atoms with van der Waals surface area (Å²) in [5, 5.41) is 0. The van der Waals surface area contributed by atoms with Gasteiger partial charge in [0, 0.05) is 0 Å². The fourth-order valence-corrected chi connectivity index (χ4v) is 6.52. The minimum absolute atomic E-state index is 0. The van der Waals surface area contributed by atoms with Crippen molar-refractivity contribution in [3.05, 3.63) is 87.2 Å². The van der Waals surface area contributed by atoms with E-state index in [1.807, 2.05) is 0 Å². The van der Waals surface area contributed by atoms with Gasteiger partial charge in [0.05, 0.1) is 34.2 Å². The second-order valence-corrected chi connectivity index (χ2v) is 13.9. The Hall–Kier alpha value is -1.91. The third-order valence-corrected chi connectivity index (χ3v) is 9.54.